The first kappa shape index (κ1) is 10.6. The minimum Gasteiger partial charge on any atom is -0.352 e. The maximum atomic E-state index is 4.55. The third-order valence-electron chi connectivity index (χ3n) is 3.73. The summed E-state index contributed by atoms with van der Waals surface area (Å²) in [6.07, 6.45) is 1.18. The van der Waals surface area contributed by atoms with Crippen LogP contribution in [0.25, 0.3) is 11.0 Å². The van der Waals surface area contributed by atoms with Gasteiger partial charge in [0, 0.05) is 12.0 Å². The van der Waals surface area contributed by atoms with Crippen molar-refractivity contribution in [3.05, 3.63) is 60.2 Å². The lowest BCUT2D eigenvalue weighted by Gasteiger charge is -2.01. The second-order valence-corrected chi connectivity index (χ2v) is 5.11. The predicted molar refractivity (Wildman–Crippen MR) is 77.3 cm³/mol. The molecule has 3 aromatic rings. The Kier molecular flexibility index (Phi) is 2.30. The van der Waals surface area contributed by atoms with Crippen LogP contribution in [0, 0.1) is 0 Å². The molecule has 1 heterocycles. The van der Waals surface area contributed by atoms with E-state index in [0.29, 0.717) is 12.0 Å². The van der Waals surface area contributed by atoms with Gasteiger partial charge in [-0.25, -0.2) is 4.98 Å². The van der Waals surface area contributed by atoms with Gasteiger partial charge in [-0.15, -0.1) is 0 Å². The molecule has 1 aliphatic rings. The Morgan fingerprint density at radius 1 is 1.00 bits per heavy atom. The molecular formula is C16H15N3. The molecule has 94 valence electrons. The number of nitrogens with zero attached hydrogens (tertiary/aromatic N) is 1. The number of benzene rings is 2. The first-order valence-electron chi connectivity index (χ1n) is 6.66. The molecule has 0 saturated heterocycles. The zero-order valence-electron chi connectivity index (χ0n) is 10.5. The largest absolute Gasteiger partial charge is 0.352 e. The highest BCUT2D eigenvalue weighted by Crippen LogP contribution is 2.42. The average molecular weight is 249 g/mol. The van der Waals surface area contributed by atoms with Gasteiger partial charge in [0.25, 0.3) is 0 Å². The number of rotatable bonds is 3. The van der Waals surface area contributed by atoms with Gasteiger partial charge in [0.2, 0.25) is 5.95 Å². The first-order chi connectivity index (χ1) is 9.40. The molecule has 0 amide bonds. The lowest BCUT2D eigenvalue weighted by Crippen LogP contribution is -2.05. The van der Waals surface area contributed by atoms with E-state index in [1.165, 1.54) is 12.0 Å². The summed E-state index contributed by atoms with van der Waals surface area (Å²) in [5.74, 6) is 1.50. The SMILES string of the molecule is c1ccc(C2CC2Nc2nc3ccccc3[nH]2)cc1. The highest BCUT2D eigenvalue weighted by atomic mass is 15.2. The second kappa shape index (κ2) is 4.12. The molecule has 3 nitrogen and oxygen atoms in total. The fourth-order valence-electron chi connectivity index (χ4n) is 2.62. The van der Waals surface area contributed by atoms with Gasteiger partial charge < -0.3 is 10.3 Å². The molecule has 2 unspecified atom stereocenters. The van der Waals surface area contributed by atoms with Crippen molar-refractivity contribution in [3.63, 3.8) is 0 Å². The van der Waals surface area contributed by atoms with E-state index in [1.54, 1.807) is 0 Å². The van der Waals surface area contributed by atoms with Gasteiger partial charge in [-0.3, -0.25) is 0 Å². The van der Waals surface area contributed by atoms with E-state index in [4.69, 9.17) is 0 Å². The number of hydrogen-bond donors (Lipinski definition) is 2. The summed E-state index contributed by atoms with van der Waals surface area (Å²) < 4.78 is 0. The summed E-state index contributed by atoms with van der Waals surface area (Å²) in [5, 5.41) is 3.49. The van der Waals surface area contributed by atoms with Crippen LogP contribution in [0.4, 0.5) is 5.95 Å². The monoisotopic (exact) mass is 249 g/mol. The molecule has 1 fully saturated rings. The van der Waals surface area contributed by atoms with Crippen LogP contribution in [0.2, 0.25) is 0 Å². The van der Waals surface area contributed by atoms with Crippen LogP contribution in [0.5, 0.6) is 0 Å². The van der Waals surface area contributed by atoms with E-state index in [2.05, 4.69) is 51.7 Å². The Bertz CT molecular complexity index is 669. The topological polar surface area (TPSA) is 40.7 Å². The lowest BCUT2D eigenvalue weighted by molar-refractivity contribution is 1.02. The molecule has 2 N–H and O–H groups in total. The van der Waals surface area contributed by atoms with Crippen molar-refractivity contribution in [2.45, 2.75) is 18.4 Å². The van der Waals surface area contributed by atoms with Gasteiger partial charge in [-0.1, -0.05) is 42.5 Å². The van der Waals surface area contributed by atoms with E-state index in [-0.39, 0.29) is 0 Å². The van der Waals surface area contributed by atoms with Gasteiger partial charge >= 0.3 is 0 Å². The molecular weight excluding hydrogens is 234 g/mol. The van der Waals surface area contributed by atoms with Crippen LogP contribution in [0.1, 0.15) is 17.9 Å². The Morgan fingerprint density at radius 3 is 2.63 bits per heavy atom. The predicted octanol–water partition coefficient (Wildman–Crippen LogP) is 3.53. The van der Waals surface area contributed by atoms with Gasteiger partial charge in [0.1, 0.15) is 0 Å². The highest BCUT2D eigenvalue weighted by Gasteiger charge is 2.38. The Morgan fingerprint density at radius 2 is 1.79 bits per heavy atom. The van der Waals surface area contributed by atoms with Crippen LogP contribution < -0.4 is 5.32 Å². The van der Waals surface area contributed by atoms with E-state index in [1.807, 2.05) is 18.2 Å². The van der Waals surface area contributed by atoms with E-state index < -0.39 is 0 Å². The number of hydrogen-bond acceptors (Lipinski definition) is 2. The zero-order valence-corrected chi connectivity index (χ0v) is 10.5. The number of aromatic nitrogens is 2. The fourth-order valence-corrected chi connectivity index (χ4v) is 2.62. The average Bonchev–Trinajstić information content (AvgIpc) is 3.09. The van der Waals surface area contributed by atoms with Crippen molar-refractivity contribution in [3.8, 4) is 0 Å². The molecule has 19 heavy (non-hydrogen) atoms. The van der Waals surface area contributed by atoms with Gasteiger partial charge in [-0.05, 0) is 24.1 Å². The molecule has 2 atom stereocenters. The Balaban J connectivity index is 1.51. The molecule has 1 aliphatic carbocycles. The fraction of sp³-hybridized carbons (Fsp3) is 0.188. The summed E-state index contributed by atoms with van der Waals surface area (Å²) >= 11 is 0. The maximum Gasteiger partial charge on any atom is 0.201 e. The van der Waals surface area contributed by atoms with Crippen molar-refractivity contribution in [1.82, 2.24) is 9.97 Å². The first-order valence-corrected chi connectivity index (χ1v) is 6.66. The summed E-state index contributed by atoms with van der Waals surface area (Å²) in [6.45, 7) is 0. The second-order valence-electron chi connectivity index (χ2n) is 5.11. The van der Waals surface area contributed by atoms with Crippen molar-refractivity contribution in [2.24, 2.45) is 0 Å². The van der Waals surface area contributed by atoms with Gasteiger partial charge in [-0.2, -0.15) is 0 Å². The van der Waals surface area contributed by atoms with Gasteiger partial charge in [0.15, 0.2) is 0 Å². The molecule has 0 spiro atoms. The smallest absolute Gasteiger partial charge is 0.201 e. The number of nitrogens with one attached hydrogen (secondary N) is 2. The molecule has 4 rings (SSSR count). The number of fused-ring (bicyclic) bond motifs is 1. The molecule has 0 aliphatic heterocycles. The molecule has 1 aromatic heterocycles. The summed E-state index contributed by atoms with van der Waals surface area (Å²) in [7, 11) is 0. The normalized spacial score (nSPS) is 21.5. The number of aromatic amines is 1. The van der Waals surface area contributed by atoms with Crippen LogP contribution in [0.15, 0.2) is 54.6 Å². The highest BCUT2D eigenvalue weighted by molar-refractivity contribution is 5.77. The van der Waals surface area contributed by atoms with Crippen LogP contribution >= 0.6 is 0 Å². The van der Waals surface area contributed by atoms with Crippen LogP contribution in [-0.4, -0.2) is 16.0 Å². The van der Waals surface area contributed by atoms with Crippen molar-refractivity contribution < 1.29 is 0 Å². The maximum absolute atomic E-state index is 4.55. The summed E-state index contributed by atoms with van der Waals surface area (Å²) in [5.41, 5.74) is 3.51. The number of anilines is 1. The quantitative estimate of drug-likeness (QED) is 0.745. The number of para-hydroxylation sites is 2. The third-order valence-corrected chi connectivity index (χ3v) is 3.73. The lowest BCUT2D eigenvalue weighted by atomic mass is 10.1. The standard InChI is InChI=1S/C16H15N3/c1-2-6-11(7-3-1)12-10-15(12)19-16-17-13-8-4-5-9-14(13)18-16/h1-9,12,15H,10H2,(H2,17,18,19). The van der Waals surface area contributed by atoms with E-state index >= 15 is 0 Å². The molecule has 2 aromatic carbocycles. The van der Waals surface area contributed by atoms with E-state index in [9.17, 15) is 0 Å². The molecule has 3 heteroatoms. The van der Waals surface area contributed by atoms with Crippen LogP contribution in [-0.2, 0) is 0 Å². The summed E-state index contributed by atoms with van der Waals surface area (Å²) in [4.78, 5) is 7.87. The minimum atomic E-state index is 0.503. The zero-order chi connectivity index (χ0) is 12.7. The summed E-state index contributed by atoms with van der Waals surface area (Å²) in [6, 6.07) is 19.3. The van der Waals surface area contributed by atoms with Gasteiger partial charge in [0.05, 0.1) is 11.0 Å². The Labute approximate surface area is 111 Å². The van der Waals surface area contributed by atoms with Crippen molar-refractivity contribution in [1.29, 1.82) is 0 Å². The number of imidazole rings is 1. The van der Waals surface area contributed by atoms with Crippen LogP contribution in [0.3, 0.4) is 0 Å². The minimum absolute atomic E-state index is 0.503. The molecule has 0 radical (unpaired) electrons. The molecule has 0 bridgehead atoms. The van der Waals surface area contributed by atoms with Crippen molar-refractivity contribution in [2.75, 3.05) is 5.32 Å². The number of H-pyrrole nitrogens is 1. The van der Waals surface area contributed by atoms with Crippen molar-refractivity contribution >= 4 is 17.0 Å². The Hall–Kier alpha value is -2.29. The third kappa shape index (κ3) is 1.97. The van der Waals surface area contributed by atoms with E-state index in [0.717, 1.165) is 17.0 Å². The molecule has 1 saturated carbocycles.